The topological polar surface area (TPSA) is 112 Å². The molecule has 1 saturated heterocycles. The second-order valence-corrected chi connectivity index (χ2v) is 13.9. The van der Waals surface area contributed by atoms with Gasteiger partial charge in [0, 0.05) is 21.8 Å². The fourth-order valence-electron chi connectivity index (χ4n) is 6.30. The minimum absolute atomic E-state index is 0.111. The lowest BCUT2D eigenvalue weighted by molar-refractivity contribution is -0.138. The smallest absolute Gasteiger partial charge is 0.395 e. The Hall–Kier alpha value is -3.43. The van der Waals surface area contributed by atoms with Crippen LogP contribution in [-0.2, 0) is 11.8 Å². The number of benzene rings is 3. The van der Waals surface area contributed by atoms with E-state index in [4.69, 9.17) is 0 Å². The monoisotopic (exact) mass is 655 g/mol. The van der Waals surface area contributed by atoms with Crippen molar-refractivity contribution in [2.45, 2.75) is 54.4 Å². The van der Waals surface area contributed by atoms with Gasteiger partial charge in [0.2, 0.25) is 0 Å². The highest BCUT2D eigenvalue weighted by Crippen LogP contribution is 2.61. The molecule has 0 bridgehead atoms. The number of hydrogen-bond acceptors (Lipinski definition) is 6. The molecular formula is C31H31F6N3O4S. The molecule has 3 aromatic carbocycles. The van der Waals surface area contributed by atoms with E-state index in [0.717, 1.165) is 10.7 Å². The summed E-state index contributed by atoms with van der Waals surface area (Å²) < 4.78 is 85.3. The van der Waals surface area contributed by atoms with E-state index in [1.807, 2.05) is 0 Å². The molecule has 1 fully saturated rings. The molecule has 0 aliphatic carbocycles. The molecule has 1 aromatic heterocycles. The third-order valence-corrected chi connectivity index (χ3v) is 11.9. The zero-order valence-electron chi connectivity index (χ0n) is 24.0. The van der Waals surface area contributed by atoms with Crippen LogP contribution in [0.4, 0.5) is 26.3 Å². The molecule has 7 atom stereocenters. The number of aryl methyl sites for hydroxylation is 1. The highest BCUT2D eigenvalue weighted by molar-refractivity contribution is 8.18. The van der Waals surface area contributed by atoms with Gasteiger partial charge >= 0.3 is 6.18 Å². The number of halogens is 6. The molecule has 14 heteroatoms. The van der Waals surface area contributed by atoms with Crippen molar-refractivity contribution in [3.63, 3.8) is 0 Å². The standard InChI is InChI=1S/C31H31F6N3O4S/c1-16-7-3-5-9-19(16)30(2,44)29(18-8-4-6-10-20(18)31(35,36)37)45-15-24(42)27(28(43)25(45)14-41)40-13-23(38-39-40)17-11-21(32)26(34)22(33)12-17/h3-13,24-25,27-29,41-45H,14-15H2,1-2H3/t24-,25+,27-,28-,29+,30-/m0/s1. The van der Waals surface area contributed by atoms with Crippen LogP contribution >= 0.6 is 10.9 Å². The number of aliphatic hydroxyl groups is 4. The van der Waals surface area contributed by atoms with E-state index in [1.54, 1.807) is 31.2 Å². The van der Waals surface area contributed by atoms with Crippen molar-refractivity contribution in [3.8, 4) is 11.3 Å². The lowest BCUT2D eigenvalue weighted by Gasteiger charge is -2.52. The summed E-state index contributed by atoms with van der Waals surface area (Å²) in [6.45, 7) is 2.38. The minimum Gasteiger partial charge on any atom is -0.395 e. The van der Waals surface area contributed by atoms with Crippen molar-refractivity contribution < 1.29 is 46.8 Å². The van der Waals surface area contributed by atoms with Gasteiger partial charge in [0.15, 0.2) is 17.5 Å². The summed E-state index contributed by atoms with van der Waals surface area (Å²) in [6.07, 6.45) is -6.69. The molecule has 2 heterocycles. The summed E-state index contributed by atoms with van der Waals surface area (Å²) in [4.78, 5) is 0. The van der Waals surface area contributed by atoms with E-state index in [2.05, 4.69) is 10.3 Å². The normalized spacial score (nSPS) is 25.1. The summed E-state index contributed by atoms with van der Waals surface area (Å²) in [7, 11) is -2.01. The number of rotatable bonds is 7. The lowest BCUT2D eigenvalue weighted by Crippen LogP contribution is -2.52. The zero-order valence-corrected chi connectivity index (χ0v) is 24.9. The second kappa shape index (κ2) is 12.4. The van der Waals surface area contributed by atoms with Crippen molar-refractivity contribution in [2.75, 3.05) is 12.4 Å². The number of aliphatic hydroxyl groups excluding tert-OH is 3. The number of alkyl halides is 3. The van der Waals surface area contributed by atoms with Crippen molar-refractivity contribution in [1.82, 2.24) is 15.0 Å². The molecule has 0 saturated carbocycles. The molecule has 0 amide bonds. The molecule has 1 aliphatic heterocycles. The van der Waals surface area contributed by atoms with E-state index in [9.17, 15) is 46.8 Å². The molecule has 5 rings (SSSR count). The van der Waals surface area contributed by atoms with Crippen LogP contribution in [0.1, 0.15) is 40.5 Å². The summed E-state index contributed by atoms with van der Waals surface area (Å²) in [5.74, 6) is -4.83. The largest absolute Gasteiger partial charge is 0.416 e. The number of hydrogen-bond donors (Lipinski definition) is 5. The van der Waals surface area contributed by atoms with Crippen molar-refractivity contribution in [3.05, 3.63) is 107 Å². The van der Waals surface area contributed by atoms with Gasteiger partial charge in [0.25, 0.3) is 0 Å². The molecule has 45 heavy (non-hydrogen) atoms. The average Bonchev–Trinajstić information content (AvgIpc) is 3.45. The van der Waals surface area contributed by atoms with Gasteiger partial charge in [0.1, 0.15) is 17.3 Å². The van der Waals surface area contributed by atoms with Crippen molar-refractivity contribution in [2.24, 2.45) is 0 Å². The van der Waals surface area contributed by atoms with Gasteiger partial charge in [-0.05, 0) is 48.7 Å². The molecule has 0 spiro atoms. The highest BCUT2D eigenvalue weighted by atomic mass is 32.2. The third-order valence-electron chi connectivity index (χ3n) is 8.36. The molecule has 4 N–H and O–H groups in total. The van der Waals surface area contributed by atoms with E-state index >= 15 is 0 Å². The molecule has 0 radical (unpaired) electrons. The molecule has 7 nitrogen and oxygen atoms in total. The van der Waals surface area contributed by atoms with E-state index in [1.165, 1.54) is 31.3 Å². The molecule has 242 valence electrons. The van der Waals surface area contributed by atoms with Gasteiger partial charge in [-0.25, -0.2) is 28.7 Å². The Kier molecular flexibility index (Phi) is 9.08. The van der Waals surface area contributed by atoms with Crippen LogP contribution in [0.2, 0.25) is 0 Å². The highest BCUT2D eigenvalue weighted by Gasteiger charge is 2.52. The number of nitrogens with zero attached hydrogens (tertiary/aromatic N) is 3. The molecule has 1 unspecified atom stereocenters. The van der Waals surface area contributed by atoms with Crippen LogP contribution < -0.4 is 0 Å². The Morgan fingerprint density at radius 1 is 0.978 bits per heavy atom. The fraction of sp³-hybridized carbons (Fsp3) is 0.355. The first-order valence-electron chi connectivity index (χ1n) is 13.9. The van der Waals surface area contributed by atoms with Crippen LogP contribution in [0.25, 0.3) is 11.3 Å². The van der Waals surface area contributed by atoms with Crippen LogP contribution in [-0.4, -0.2) is 65.2 Å². The Balaban J connectivity index is 1.59. The predicted molar refractivity (Wildman–Crippen MR) is 156 cm³/mol. The SMILES string of the molecule is Cc1ccccc1[C@](C)(O)[C@@H](c1ccccc1C(F)(F)F)[SH]1C[C@H](O)[C@H](n2cc(-c3cc(F)c(F)c(F)c3)nn2)[C@@H](O)[C@H]1CO. The Morgan fingerprint density at radius 2 is 1.58 bits per heavy atom. The summed E-state index contributed by atoms with van der Waals surface area (Å²) in [5, 5.41) is 51.0. The van der Waals surface area contributed by atoms with Gasteiger partial charge in [-0.15, -0.1) is 5.10 Å². The first-order valence-corrected chi connectivity index (χ1v) is 15.6. The van der Waals surface area contributed by atoms with Crippen LogP contribution in [0.3, 0.4) is 0 Å². The van der Waals surface area contributed by atoms with Gasteiger partial charge in [-0.1, -0.05) is 47.7 Å². The van der Waals surface area contributed by atoms with E-state index in [-0.39, 0.29) is 22.6 Å². The van der Waals surface area contributed by atoms with Gasteiger partial charge in [0.05, 0.1) is 30.6 Å². The van der Waals surface area contributed by atoms with Gasteiger partial charge in [-0.3, -0.25) is 0 Å². The molecule has 4 aromatic rings. The third kappa shape index (κ3) is 6.09. The van der Waals surface area contributed by atoms with Crippen molar-refractivity contribution in [1.29, 1.82) is 0 Å². The average molecular weight is 656 g/mol. The Morgan fingerprint density at radius 3 is 2.18 bits per heavy atom. The summed E-state index contributed by atoms with van der Waals surface area (Å²) in [5.41, 5.74) is -2.52. The first-order chi connectivity index (χ1) is 21.2. The summed E-state index contributed by atoms with van der Waals surface area (Å²) in [6, 6.07) is 11.6. The van der Waals surface area contributed by atoms with Crippen LogP contribution in [0, 0.1) is 24.4 Å². The first kappa shape index (κ1) is 32.9. The van der Waals surface area contributed by atoms with E-state index < -0.39 is 81.0 Å². The Bertz CT molecular complexity index is 1660. The van der Waals surface area contributed by atoms with Gasteiger partial charge in [-0.2, -0.15) is 13.2 Å². The maximum Gasteiger partial charge on any atom is 0.416 e. The van der Waals surface area contributed by atoms with Crippen LogP contribution in [0.5, 0.6) is 0 Å². The number of thiol groups is 1. The second-order valence-electron chi connectivity index (χ2n) is 11.3. The van der Waals surface area contributed by atoms with Crippen LogP contribution in [0.15, 0.2) is 66.9 Å². The predicted octanol–water partition coefficient (Wildman–Crippen LogP) is 4.98. The Labute approximate surface area is 257 Å². The lowest BCUT2D eigenvalue weighted by atomic mass is 9.84. The summed E-state index contributed by atoms with van der Waals surface area (Å²) >= 11 is 0. The number of aromatic nitrogens is 3. The maximum absolute atomic E-state index is 14.4. The minimum atomic E-state index is -4.80. The maximum atomic E-state index is 14.4. The fourth-order valence-corrected chi connectivity index (χ4v) is 9.96. The quantitative estimate of drug-likeness (QED) is 0.109. The molecule has 1 aliphatic rings. The zero-order chi connectivity index (χ0) is 32.8. The molecular weight excluding hydrogens is 624 g/mol. The van der Waals surface area contributed by atoms with E-state index in [0.29, 0.717) is 23.3 Å². The van der Waals surface area contributed by atoms with Gasteiger partial charge < -0.3 is 20.4 Å². The van der Waals surface area contributed by atoms with Crippen molar-refractivity contribution >= 4 is 10.9 Å².